The number of rotatable bonds is 4. The molecule has 2 atom stereocenters. The number of halogens is 3. The van der Waals surface area contributed by atoms with Crippen LogP contribution in [0.3, 0.4) is 0 Å². The minimum atomic E-state index is -1.09. The van der Waals surface area contributed by atoms with Crippen molar-refractivity contribution in [2.24, 2.45) is 5.92 Å². The zero-order valence-electron chi connectivity index (χ0n) is 16.6. The zero-order chi connectivity index (χ0) is 21.9. The van der Waals surface area contributed by atoms with Gasteiger partial charge in [-0.15, -0.1) is 0 Å². The number of fused-ring (bicyclic) bond motifs is 2. The van der Waals surface area contributed by atoms with Gasteiger partial charge in [0.05, 0.1) is 40.7 Å². The van der Waals surface area contributed by atoms with Gasteiger partial charge in [-0.05, 0) is 20.3 Å². The molecule has 3 aromatic heterocycles. The molecule has 0 bridgehead atoms. The molecule has 10 heteroatoms. The first-order valence-corrected chi connectivity index (χ1v) is 10.00. The lowest BCUT2D eigenvalue weighted by atomic mass is 10.0. The second kappa shape index (κ2) is 7.12. The number of alkyl halides is 1. The monoisotopic (exact) mass is 442 g/mol. The highest BCUT2D eigenvalue weighted by molar-refractivity contribution is 6.35. The Bertz CT molecular complexity index is 1390. The van der Waals surface area contributed by atoms with Gasteiger partial charge in [-0.25, -0.2) is 13.8 Å². The van der Waals surface area contributed by atoms with Crippen molar-refractivity contribution in [2.75, 3.05) is 5.32 Å². The van der Waals surface area contributed by atoms with Gasteiger partial charge < -0.3 is 9.72 Å². The largest absolute Gasteiger partial charge is 0.309 e. The van der Waals surface area contributed by atoms with Gasteiger partial charge in [0, 0.05) is 22.7 Å². The van der Waals surface area contributed by atoms with Crippen LogP contribution < -0.4 is 5.32 Å². The fraction of sp³-hybridized carbons (Fsp3) is 0.238. The molecule has 0 spiro atoms. The van der Waals surface area contributed by atoms with Crippen LogP contribution in [0.4, 0.5) is 14.6 Å². The molecule has 1 saturated carbocycles. The molecule has 1 aliphatic carbocycles. The summed E-state index contributed by atoms with van der Waals surface area (Å²) in [5, 5.41) is 10.1. The Morgan fingerprint density at radius 1 is 1.35 bits per heavy atom. The highest BCUT2D eigenvalue weighted by Gasteiger charge is 2.43. The van der Waals surface area contributed by atoms with E-state index in [2.05, 4.69) is 25.5 Å². The standard InChI is InChI=1S/C21H17ClF2N6O/c1-9(2)3-11-19(24)18(22)17(12-5-26-29-20(11)12)14-7-30-8-15(27-16(30)6-25-14)28-21(31)10-4-13(10)23/h3,5-8,10,13H,4H2,1-2H3,(H,26,29)(H,28,31). The van der Waals surface area contributed by atoms with Crippen LogP contribution in [0, 0.1) is 11.7 Å². The molecule has 31 heavy (non-hydrogen) atoms. The van der Waals surface area contributed by atoms with Crippen LogP contribution in [0.15, 0.2) is 30.4 Å². The van der Waals surface area contributed by atoms with E-state index < -0.39 is 23.8 Å². The van der Waals surface area contributed by atoms with Gasteiger partial charge in [-0.3, -0.25) is 14.9 Å². The van der Waals surface area contributed by atoms with Crippen LogP contribution in [0.5, 0.6) is 0 Å². The molecule has 5 rings (SSSR count). The first kappa shape index (κ1) is 19.6. The maximum absolute atomic E-state index is 15.1. The fourth-order valence-electron chi connectivity index (χ4n) is 3.55. The number of H-pyrrole nitrogens is 1. The SMILES string of the molecule is CC(C)=Cc1c(F)c(Cl)c(-c2cn3cc(NC(=O)C4CC4F)nc3cn2)c2cn[nH]c12. The fourth-order valence-corrected chi connectivity index (χ4v) is 3.85. The molecule has 1 fully saturated rings. The summed E-state index contributed by atoms with van der Waals surface area (Å²) in [6.45, 7) is 3.73. The number of benzene rings is 1. The van der Waals surface area contributed by atoms with Crippen molar-refractivity contribution in [3.05, 3.63) is 46.8 Å². The number of anilines is 1. The van der Waals surface area contributed by atoms with Crippen molar-refractivity contribution in [3.8, 4) is 11.3 Å². The quantitative estimate of drug-likeness (QED) is 0.476. The average molecular weight is 443 g/mol. The molecule has 2 unspecified atom stereocenters. The lowest BCUT2D eigenvalue weighted by Crippen LogP contribution is -2.15. The summed E-state index contributed by atoms with van der Waals surface area (Å²) < 4.78 is 29.9. The number of carbonyl (C=O) groups is 1. The zero-order valence-corrected chi connectivity index (χ0v) is 17.3. The summed E-state index contributed by atoms with van der Waals surface area (Å²) >= 11 is 6.43. The van der Waals surface area contributed by atoms with Gasteiger partial charge in [0.2, 0.25) is 5.91 Å². The van der Waals surface area contributed by atoms with E-state index in [0.717, 1.165) is 5.57 Å². The van der Waals surface area contributed by atoms with Crippen LogP contribution in [0.25, 0.3) is 33.9 Å². The lowest BCUT2D eigenvalue weighted by Gasteiger charge is -2.10. The summed E-state index contributed by atoms with van der Waals surface area (Å²) in [6.07, 6.45) is 7.14. The molecular weight excluding hydrogens is 426 g/mol. The normalized spacial score (nSPS) is 17.8. The Balaban J connectivity index is 1.59. The average Bonchev–Trinajstić information content (AvgIpc) is 3.11. The van der Waals surface area contributed by atoms with E-state index in [0.29, 0.717) is 33.4 Å². The number of aromatic amines is 1. The molecule has 2 N–H and O–H groups in total. The van der Waals surface area contributed by atoms with Gasteiger partial charge in [0.25, 0.3) is 0 Å². The Kier molecular flexibility index (Phi) is 4.51. The van der Waals surface area contributed by atoms with E-state index in [-0.39, 0.29) is 17.3 Å². The van der Waals surface area contributed by atoms with Crippen molar-refractivity contribution >= 4 is 46.0 Å². The van der Waals surface area contributed by atoms with Gasteiger partial charge in [0.15, 0.2) is 17.3 Å². The smallest absolute Gasteiger partial charge is 0.231 e. The molecule has 1 amide bonds. The third-order valence-corrected chi connectivity index (χ3v) is 5.51. The molecule has 1 aromatic carbocycles. The van der Waals surface area contributed by atoms with Gasteiger partial charge in [0.1, 0.15) is 6.17 Å². The molecular formula is C21H17ClF2N6O. The number of aromatic nitrogens is 5. The number of hydrogen-bond donors (Lipinski definition) is 2. The maximum Gasteiger partial charge on any atom is 0.231 e. The Morgan fingerprint density at radius 2 is 2.13 bits per heavy atom. The van der Waals surface area contributed by atoms with Crippen molar-refractivity contribution in [3.63, 3.8) is 0 Å². The number of carbonyl (C=O) groups excluding carboxylic acids is 1. The molecule has 4 aromatic rings. The predicted molar refractivity (Wildman–Crippen MR) is 114 cm³/mol. The lowest BCUT2D eigenvalue weighted by molar-refractivity contribution is -0.117. The predicted octanol–water partition coefficient (Wildman–Crippen LogP) is 4.78. The molecule has 7 nitrogen and oxygen atoms in total. The van der Waals surface area contributed by atoms with Crippen LogP contribution in [-0.2, 0) is 4.79 Å². The van der Waals surface area contributed by atoms with Crippen LogP contribution in [0.2, 0.25) is 5.02 Å². The third-order valence-electron chi connectivity index (χ3n) is 5.16. The van der Waals surface area contributed by atoms with E-state index in [4.69, 9.17) is 11.6 Å². The number of nitrogens with zero attached hydrogens (tertiary/aromatic N) is 4. The van der Waals surface area contributed by atoms with E-state index in [1.807, 2.05) is 13.8 Å². The molecule has 158 valence electrons. The van der Waals surface area contributed by atoms with Crippen LogP contribution >= 0.6 is 11.6 Å². The molecule has 0 radical (unpaired) electrons. The molecule has 3 heterocycles. The number of imidazole rings is 1. The summed E-state index contributed by atoms with van der Waals surface area (Å²) in [6, 6.07) is 0. The van der Waals surface area contributed by atoms with Crippen LogP contribution in [-0.4, -0.2) is 36.6 Å². The minimum absolute atomic E-state index is 0.0652. The summed E-state index contributed by atoms with van der Waals surface area (Å²) in [5.74, 6) is -1.30. The second-order valence-electron chi connectivity index (χ2n) is 7.81. The van der Waals surface area contributed by atoms with Crippen molar-refractivity contribution in [1.82, 2.24) is 24.6 Å². The minimum Gasteiger partial charge on any atom is -0.309 e. The molecule has 0 saturated heterocycles. The Hall–Kier alpha value is -3.33. The van der Waals surface area contributed by atoms with Gasteiger partial charge in [-0.2, -0.15) is 5.10 Å². The third kappa shape index (κ3) is 3.34. The van der Waals surface area contributed by atoms with E-state index in [9.17, 15) is 9.18 Å². The van der Waals surface area contributed by atoms with Crippen molar-refractivity contribution in [1.29, 1.82) is 0 Å². The number of hydrogen-bond acceptors (Lipinski definition) is 4. The number of amides is 1. The van der Waals surface area contributed by atoms with Crippen molar-refractivity contribution < 1.29 is 13.6 Å². The Labute approximate surface area is 180 Å². The van der Waals surface area contributed by atoms with Crippen LogP contribution in [0.1, 0.15) is 25.8 Å². The van der Waals surface area contributed by atoms with E-state index in [1.165, 1.54) is 6.20 Å². The second-order valence-corrected chi connectivity index (χ2v) is 8.19. The number of nitrogens with one attached hydrogen (secondary N) is 2. The summed E-state index contributed by atoms with van der Waals surface area (Å²) in [5.41, 5.74) is 3.04. The van der Waals surface area contributed by atoms with E-state index in [1.54, 1.807) is 29.1 Å². The van der Waals surface area contributed by atoms with Gasteiger partial charge >= 0.3 is 0 Å². The summed E-state index contributed by atoms with van der Waals surface area (Å²) in [4.78, 5) is 20.6. The molecule has 1 aliphatic rings. The highest BCUT2D eigenvalue weighted by Crippen LogP contribution is 2.39. The topological polar surface area (TPSA) is 88.0 Å². The highest BCUT2D eigenvalue weighted by atomic mass is 35.5. The number of allylic oxidation sites excluding steroid dienone is 1. The van der Waals surface area contributed by atoms with E-state index >= 15 is 4.39 Å². The molecule has 0 aliphatic heterocycles. The first-order valence-electron chi connectivity index (χ1n) is 9.62. The van der Waals surface area contributed by atoms with Gasteiger partial charge in [-0.1, -0.05) is 23.3 Å². The van der Waals surface area contributed by atoms with Crippen molar-refractivity contribution in [2.45, 2.75) is 26.4 Å². The Morgan fingerprint density at radius 3 is 2.84 bits per heavy atom. The maximum atomic E-state index is 15.1. The summed E-state index contributed by atoms with van der Waals surface area (Å²) in [7, 11) is 0. The first-order chi connectivity index (χ1) is 14.8.